The van der Waals surface area contributed by atoms with Gasteiger partial charge in [-0.25, -0.2) is 0 Å². The van der Waals surface area contributed by atoms with Crippen LogP contribution in [0.5, 0.6) is 5.75 Å². The Morgan fingerprint density at radius 2 is 2.00 bits per heavy atom. The summed E-state index contributed by atoms with van der Waals surface area (Å²) in [5.74, 6) is 0.834. The number of benzene rings is 2. The van der Waals surface area contributed by atoms with Crippen molar-refractivity contribution in [2.45, 2.75) is 18.9 Å². The highest BCUT2D eigenvalue weighted by molar-refractivity contribution is 9.10. The molecule has 0 saturated heterocycles. The third kappa shape index (κ3) is 3.54. The SMILES string of the molecule is COc1cccc(CC(C)(N)c2ccc(Br)cc2Cl)c1. The van der Waals surface area contributed by atoms with Crippen LogP contribution in [0.15, 0.2) is 46.9 Å². The Labute approximate surface area is 133 Å². The largest absolute Gasteiger partial charge is 0.497 e. The van der Waals surface area contributed by atoms with E-state index in [2.05, 4.69) is 15.9 Å². The van der Waals surface area contributed by atoms with Crippen LogP contribution in [0.25, 0.3) is 0 Å². The van der Waals surface area contributed by atoms with Crippen molar-refractivity contribution in [2.75, 3.05) is 7.11 Å². The zero-order chi connectivity index (χ0) is 14.8. The van der Waals surface area contributed by atoms with Gasteiger partial charge in [-0.15, -0.1) is 0 Å². The standard InChI is InChI=1S/C16H17BrClNO/c1-16(19,14-7-6-12(17)9-15(14)18)10-11-4-3-5-13(8-11)20-2/h3-9H,10,19H2,1-2H3. The summed E-state index contributed by atoms with van der Waals surface area (Å²) < 4.78 is 6.19. The van der Waals surface area contributed by atoms with Gasteiger partial charge in [0.2, 0.25) is 0 Å². The summed E-state index contributed by atoms with van der Waals surface area (Å²) in [6.07, 6.45) is 0.686. The zero-order valence-electron chi connectivity index (χ0n) is 11.5. The van der Waals surface area contributed by atoms with E-state index in [1.165, 1.54) is 0 Å². The molecule has 0 saturated carbocycles. The third-order valence-corrected chi connectivity index (χ3v) is 4.06. The number of nitrogens with two attached hydrogens (primary N) is 1. The fourth-order valence-corrected chi connectivity index (χ4v) is 3.14. The number of methoxy groups -OCH3 is 1. The molecule has 0 aliphatic heterocycles. The topological polar surface area (TPSA) is 35.2 Å². The van der Waals surface area contributed by atoms with Gasteiger partial charge in [0.05, 0.1) is 7.11 Å². The second kappa shape index (κ2) is 6.17. The molecule has 0 fully saturated rings. The molecule has 106 valence electrons. The quantitative estimate of drug-likeness (QED) is 0.875. The average molecular weight is 355 g/mol. The first-order valence-corrected chi connectivity index (χ1v) is 7.47. The highest BCUT2D eigenvalue weighted by Gasteiger charge is 2.24. The van der Waals surface area contributed by atoms with Crippen molar-refractivity contribution in [1.29, 1.82) is 0 Å². The maximum absolute atomic E-state index is 6.47. The lowest BCUT2D eigenvalue weighted by molar-refractivity contribution is 0.413. The second-order valence-corrected chi connectivity index (χ2v) is 6.39. The Kier molecular flexibility index (Phi) is 4.74. The summed E-state index contributed by atoms with van der Waals surface area (Å²) in [7, 11) is 1.66. The molecular formula is C16H17BrClNO. The van der Waals surface area contributed by atoms with Gasteiger partial charge in [-0.05, 0) is 48.7 Å². The molecular weight excluding hydrogens is 338 g/mol. The molecule has 1 unspecified atom stereocenters. The molecule has 1 atom stereocenters. The first-order valence-electron chi connectivity index (χ1n) is 6.30. The van der Waals surface area contributed by atoms with Crippen molar-refractivity contribution in [3.63, 3.8) is 0 Å². The molecule has 0 heterocycles. The van der Waals surface area contributed by atoms with E-state index in [0.717, 1.165) is 21.3 Å². The van der Waals surface area contributed by atoms with Gasteiger partial charge in [0.25, 0.3) is 0 Å². The minimum Gasteiger partial charge on any atom is -0.497 e. The summed E-state index contributed by atoms with van der Waals surface area (Å²) in [5, 5.41) is 0.673. The summed E-state index contributed by atoms with van der Waals surface area (Å²) in [6.45, 7) is 1.99. The minimum atomic E-state index is -0.538. The van der Waals surface area contributed by atoms with Crippen LogP contribution in [0.2, 0.25) is 5.02 Å². The molecule has 2 aromatic rings. The van der Waals surface area contributed by atoms with Crippen LogP contribution in [0.4, 0.5) is 0 Å². The first-order chi connectivity index (χ1) is 9.42. The van der Waals surface area contributed by atoms with Gasteiger partial charge in [0.15, 0.2) is 0 Å². The van der Waals surface area contributed by atoms with Gasteiger partial charge >= 0.3 is 0 Å². The van der Waals surface area contributed by atoms with Crippen LogP contribution in [0.3, 0.4) is 0 Å². The Morgan fingerprint density at radius 3 is 2.65 bits per heavy atom. The molecule has 0 spiro atoms. The lowest BCUT2D eigenvalue weighted by Crippen LogP contribution is -2.35. The normalized spacial score (nSPS) is 13.8. The summed E-state index contributed by atoms with van der Waals surface area (Å²) >= 11 is 9.71. The molecule has 2 rings (SSSR count). The number of hydrogen-bond acceptors (Lipinski definition) is 2. The van der Waals surface area contributed by atoms with Crippen LogP contribution >= 0.6 is 27.5 Å². The van der Waals surface area contributed by atoms with Crippen molar-refractivity contribution in [2.24, 2.45) is 5.73 Å². The highest BCUT2D eigenvalue weighted by Crippen LogP contribution is 2.31. The van der Waals surface area contributed by atoms with Crippen LogP contribution in [0.1, 0.15) is 18.1 Å². The summed E-state index contributed by atoms with van der Waals surface area (Å²) in [6, 6.07) is 13.7. The monoisotopic (exact) mass is 353 g/mol. The molecule has 4 heteroatoms. The van der Waals surface area contributed by atoms with Crippen LogP contribution in [0, 0.1) is 0 Å². The molecule has 2 nitrogen and oxygen atoms in total. The molecule has 2 N–H and O–H groups in total. The molecule has 0 bridgehead atoms. The highest BCUT2D eigenvalue weighted by atomic mass is 79.9. The molecule has 0 aromatic heterocycles. The Balaban J connectivity index is 2.30. The van der Waals surface area contributed by atoms with Gasteiger partial charge in [-0.1, -0.05) is 45.7 Å². The molecule has 2 aromatic carbocycles. The maximum Gasteiger partial charge on any atom is 0.119 e. The van der Waals surface area contributed by atoms with Crippen molar-refractivity contribution in [1.82, 2.24) is 0 Å². The first kappa shape index (κ1) is 15.4. The fourth-order valence-electron chi connectivity index (χ4n) is 2.25. The second-order valence-electron chi connectivity index (χ2n) is 5.07. The molecule has 0 amide bonds. The summed E-state index contributed by atoms with van der Waals surface area (Å²) in [4.78, 5) is 0. The van der Waals surface area contributed by atoms with Gasteiger partial charge < -0.3 is 10.5 Å². The molecule has 0 radical (unpaired) electrons. The number of hydrogen-bond donors (Lipinski definition) is 1. The predicted molar refractivity (Wildman–Crippen MR) is 87.4 cm³/mol. The zero-order valence-corrected chi connectivity index (χ0v) is 13.8. The lowest BCUT2D eigenvalue weighted by Gasteiger charge is -2.27. The average Bonchev–Trinajstić information content (AvgIpc) is 2.37. The smallest absolute Gasteiger partial charge is 0.119 e. The van der Waals surface area contributed by atoms with Crippen LogP contribution < -0.4 is 10.5 Å². The van der Waals surface area contributed by atoms with E-state index in [1.54, 1.807) is 7.11 Å². The molecule has 0 aliphatic carbocycles. The van der Waals surface area contributed by atoms with Crippen LogP contribution in [-0.4, -0.2) is 7.11 Å². The lowest BCUT2D eigenvalue weighted by atomic mass is 9.86. The van der Waals surface area contributed by atoms with Crippen LogP contribution in [-0.2, 0) is 12.0 Å². The number of ether oxygens (including phenoxy) is 1. The van der Waals surface area contributed by atoms with E-state index in [4.69, 9.17) is 22.1 Å². The van der Waals surface area contributed by atoms with E-state index in [1.807, 2.05) is 49.4 Å². The summed E-state index contributed by atoms with van der Waals surface area (Å²) in [5.41, 5.74) is 7.99. The Hall–Kier alpha value is -1.03. The fraction of sp³-hybridized carbons (Fsp3) is 0.250. The van der Waals surface area contributed by atoms with E-state index in [9.17, 15) is 0 Å². The van der Waals surface area contributed by atoms with Gasteiger partial charge in [-0.2, -0.15) is 0 Å². The van der Waals surface area contributed by atoms with Crippen molar-refractivity contribution in [3.05, 3.63) is 63.1 Å². The molecule has 20 heavy (non-hydrogen) atoms. The van der Waals surface area contributed by atoms with Gasteiger partial charge in [-0.3, -0.25) is 0 Å². The van der Waals surface area contributed by atoms with E-state index >= 15 is 0 Å². The maximum atomic E-state index is 6.47. The predicted octanol–water partition coefficient (Wildman–Crippen LogP) is 4.53. The van der Waals surface area contributed by atoms with E-state index in [0.29, 0.717) is 11.4 Å². The molecule has 0 aliphatic rings. The van der Waals surface area contributed by atoms with Crippen molar-refractivity contribution < 1.29 is 4.74 Å². The Bertz CT molecular complexity index is 613. The van der Waals surface area contributed by atoms with Crippen molar-refractivity contribution >= 4 is 27.5 Å². The van der Waals surface area contributed by atoms with E-state index in [-0.39, 0.29) is 0 Å². The minimum absolute atomic E-state index is 0.538. The van der Waals surface area contributed by atoms with Gasteiger partial charge in [0, 0.05) is 15.0 Å². The number of rotatable bonds is 4. The van der Waals surface area contributed by atoms with Crippen molar-refractivity contribution in [3.8, 4) is 5.75 Å². The van der Waals surface area contributed by atoms with Gasteiger partial charge in [0.1, 0.15) is 5.75 Å². The number of halogens is 2. The van der Waals surface area contributed by atoms with E-state index < -0.39 is 5.54 Å². The third-order valence-electron chi connectivity index (χ3n) is 3.25. The Morgan fingerprint density at radius 1 is 1.25 bits per heavy atom.